The average molecular weight is 321 g/mol. The number of benzene rings is 1. The van der Waals surface area contributed by atoms with Crippen LogP contribution in [0.25, 0.3) is 0 Å². The lowest BCUT2D eigenvalue weighted by molar-refractivity contribution is -0.131. The predicted molar refractivity (Wildman–Crippen MR) is 87.4 cm³/mol. The van der Waals surface area contributed by atoms with Crippen molar-refractivity contribution in [2.24, 2.45) is 5.41 Å². The minimum absolute atomic E-state index is 0.231. The zero-order valence-corrected chi connectivity index (χ0v) is 13.9. The van der Waals surface area contributed by atoms with Gasteiger partial charge in [0.05, 0.1) is 19.5 Å². The summed E-state index contributed by atoms with van der Waals surface area (Å²) in [5, 5.41) is 0. The SMILES string of the molecule is COc1cccc(SCC(=O)N2CCC[C@@]3(CCOC3)C2)c1. The first-order valence-corrected chi connectivity index (χ1v) is 8.82. The molecule has 1 aromatic carbocycles. The molecule has 1 aromatic rings. The van der Waals surface area contributed by atoms with Crippen LogP contribution in [-0.4, -0.2) is 50.0 Å². The van der Waals surface area contributed by atoms with Gasteiger partial charge >= 0.3 is 0 Å². The Morgan fingerprint density at radius 1 is 1.45 bits per heavy atom. The molecular weight excluding hydrogens is 298 g/mol. The largest absolute Gasteiger partial charge is 0.497 e. The van der Waals surface area contributed by atoms with Crippen LogP contribution in [0.2, 0.25) is 0 Å². The van der Waals surface area contributed by atoms with Gasteiger partial charge in [-0.25, -0.2) is 0 Å². The van der Waals surface area contributed by atoms with Gasteiger partial charge in [0.1, 0.15) is 5.75 Å². The second-order valence-corrected chi connectivity index (χ2v) is 7.24. The van der Waals surface area contributed by atoms with Crippen molar-refractivity contribution < 1.29 is 14.3 Å². The summed E-state index contributed by atoms with van der Waals surface area (Å²) in [5.74, 6) is 1.56. The van der Waals surface area contributed by atoms with Crippen molar-refractivity contribution >= 4 is 17.7 Å². The van der Waals surface area contributed by atoms with Crippen molar-refractivity contribution in [3.05, 3.63) is 24.3 Å². The molecule has 2 saturated heterocycles. The third-order valence-electron chi connectivity index (χ3n) is 4.60. The number of carbonyl (C=O) groups is 1. The summed E-state index contributed by atoms with van der Waals surface area (Å²) in [6, 6.07) is 7.86. The van der Waals surface area contributed by atoms with Crippen molar-refractivity contribution in [2.45, 2.75) is 24.2 Å². The van der Waals surface area contributed by atoms with E-state index in [1.165, 1.54) is 6.42 Å². The van der Waals surface area contributed by atoms with E-state index in [2.05, 4.69) is 0 Å². The normalized spacial score (nSPS) is 24.7. The second kappa shape index (κ2) is 6.92. The van der Waals surface area contributed by atoms with Crippen LogP contribution < -0.4 is 4.74 Å². The predicted octanol–water partition coefficient (Wildman–Crippen LogP) is 2.82. The first-order chi connectivity index (χ1) is 10.7. The Balaban J connectivity index is 1.55. The van der Waals surface area contributed by atoms with E-state index in [0.29, 0.717) is 5.75 Å². The van der Waals surface area contributed by atoms with Gasteiger partial charge in [-0.15, -0.1) is 11.8 Å². The molecule has 1 amide bonds. The zero-order chi connectivity index (χ0) is 15.4. The summed E-state index contributed by atoms with van der Waals surface area (Å²) in [6.07, 6.45) is 3.39. The van der Waals surface area contributed by atoms with Gasteiger partial charge < -0.3 is 14.4 Å². The molecule has 2 aliphatic heterocycles. The van der Waals surface area contributed by atoms with Crippen molar-refractivity contribution in [2.75, 3.05) is 39.2 Å². The monoisotopic (exact) mass is 321 g/mol. The fourth-order valence-corrected chi connectivity index (χ4v) is 4.17. The molecule has 1 spiro atoms. The highest BCUT2D eigenvalue weighted by Crippen LogP contribution is 2.37. The van der Waals surface area contributed by atoms with E-state index in [9.17, 15) is 4.79 Å². The van der Waals surface area contributed by atoms with Gasteiger partial charge in [-0.1, -0.05) is 6.07 Å². The molecule has 0 aliphatic carbocycles. The van der Waals surface area contributed by atoms with Gasteiger partial charge in [-0.3, -0.25) is 4.79 Å². The number of piperidine rings is 1. The van der Waals surface area contributed by atoms with Crippen LogP contribution >= 0.6 is 11.8 Å². The lowest BCUT2D eigenvalue weighted by Gasteiger charge is -2.39. The van der Waals surface area contributed by atoms with Crippen molar-refractivity contribution in [1.82, 2.24) is 4.90 Å². The first-order valence-electron chi connectivity index (χ1n) is 7.83. The molecule has 1 atom stereocenters. The molecule has 22 heavy (non-hydrogen) atoms. The molecule has 120 valence electrons. The van der Waals surface area contributed by atoms with E-state index in [-0.39, 0.29) is 11.3 Å². The summed E-state index contributed by atoms with van der Waals surface area (Å²) in [4.78, 5) is 15.6. The average Bonchev–Trinajstić information content (AvgIpc) is 3.00. The number of hydrogen-bond donors (Lipinski definition) is 0. The summed E-state index contributed by atoms with van der Waals surface area (Å²) in [6.45, 7) is 3.42. The van der Waals surface area contributed by atoms with E-state index < -0.39 is 0 Å². The molecule has 0 radical (unpaired) electrons. The van der Waals surface area contributed by atoms with Crippen LogP contribution in [0.15, 0.2) is 29.2 Å². The van der Waals surface area contributed by atoms with E-state index >= 15 is 0 Å². The molecule has 2 heterocycles. The van der Waals surface area contributed by atoms with Crippen molar-refractivity contribution in [3.8, 4) is 5.75 Å². The van der Waals surface area contributed by atoms with Gasteiger partial charge in [-0.2, -0.15) is 0 Å². The summed E-state index contributed by atoms with van der Waals surface area (Å²) < 4.78 is 10.8. The molecule has 2 fully saturated rings. The molecule has 0 aromatic heterocycles. The number of nitrogens with zero attached hydrogens (tertiary/aromatic N) is 1. The fraction of sp³-hybridized carbons (Fsp3) is 0.588. The van der Waals surface area contributed by atoms with Crippen molar-refractivity contribution in [3.63, 3.8) is 0 Å². The van der Waals surface area contributed by atoms with Crippen LogP contribution in [0.1, 0.15) is 19.3 Å². The summed E-state index contributed by atoms with van der Waals surface area (Å²) >= 11 is 1.58. The van der Waals surface area contributed by atoms with Crippen LogP contribution in [0.4, 0.5) is 0 Å². The number of carbonyl (C=O) groups excluding carboxylic acids is 1. The molecule has 0 unspecified atom stereocenters. The van der Waals surface area contributed by atoms with Gasteiger partial charge in [0.15, 0.2) is 0 Å². The Bertz CT molecular complexity index is 528. The number of likely N-dealkylation sites (tertiary alicyclic amines) is 1. The van der Waals surface area contributed by atoms with E-state index in [4.69, 9.17) is 9.47 Å². The fourth-order valence-electron chi connectivity index (χ4n) is 3.32. The van der Waals surface area contributed by atoms with Crippen LogP contribution in [0, 0.1) is 5.41 Å². The lowest BCUT2D eigenvalue weighted by atomic mass is 9.79. The van der Waals surface area contributed by atoms with Gasteiger partial charge in [0.2, 0.25) is 5.91 Å². The third-order valence-corrected chi connectivity index (χ3v) is 5.58. The zero-order valence-electron chi connectivity index (χ0n) is 13.0. The first kappa shape index (κ1) is 15.7. The van der Waals surface area contributed by atoms with Crippen molar-refractivity contribution in [1.29, 1.82) is 0 Å². The van der Waals surface area contributed by atoms with Gasteiger partial charge in [-0.05, 0) is 37.5 Å². The standard InChI is InChI=1S/C17H23NO3S/c1-20-14-4-2-5-15(10-14)22-11-16(19)18-8-3-6-17(12-18)7-9-21-13-17/h2,4-5,10H,3,6-9,11-13H2,1H3/t17-/m1/s1. The molecule has 5 heteroatoms. The molecule has 2 aliphatic rings. The van der Waals surface area contributed by atoms with Crippen LogP contribution in [0.5, 0.6) is 5.75 Å². The number of ether oxygens (including phenoxy) is 2. The quantitative estimate of drug-likeness (QED) is 0.800. The number of methoxy groups -OCH3 is 1. The maximum Gasteiger partial charge on any atom is 0.232 e. The third kappa shape index (κ3) is 3.58. The summed E-state index contributed by atoms with van der Waals surface area (Å²) in [5.41, 5.74) is 0.231. The Morgan fingerprint density at radius 2 is 2.36 bits per heavy atom. The molecule has 4 nitrogen and oxygen atoms in total. The highest BCUT2D eigenvalue weighted by molar-refractivity contribution is 8.00. The Hall–Kier alpha value is -1.20. The number of amides is 1. The number of thioether (sulfide) groups is 1. The van der Waals surface area contributed by atoms with E-state index in [1.807, 2.05) is 29.2 Å². The molecule has 3 rings (SSSR count). The second-order valence-electron chi connectivity index (χ2n) is 6.19. The molecule has 0 saturated carbocycles. The number of hydrogen-bond acceptors (Lipinski definition) is 4. The summed E-state index contributed by atoms with van der Waals surface area (Å²) in [7, 11) is 1.66. The molecular formula is C17H23NO3S. The maximum absolute atomic E-state index is 12.5. The van der Waals surface area contributed by atoms with Gasteiger partial charge in [0, 0.05) is 30.0 Å². The van der Waals surface area contributed by atoms with E-state index in [1.54, 1.807) is 18.9 Å². The Labute approximate surface area is 136 Å². The Morgan fingerprint density at radius 3 is 3.14 bits per heavy atom. The molecule has 0 N–H and O–H groups in total. The smallest absolute Gasteiger partial charge is 0.232 e. The maximum atomic E-state index is 12.5. The molecule has 0 bridgehead atoms. The lowest BCUT2D eigenvalue weighted by Crippen LogP contribution is -2.47. The highest BCUT2D eigenvalue weighted by atomic mass is 32.2. The number of rotatable bonds is 4. The highest BCUT2D eigenvalue weighted by Gasteiger charge is 2.40. The van der Waals surface area contributed by atoms with E-state index in [0.717, 1.165) is 49.8 Å². The van der Waals surface area contributed by atoms with Crippen LogP contribution in [-0.2, 0) is 9.53 Å². The minimum Gasteiger partial charge on any atom is -0.497 e. The topological polar surface area (TPSA) is 38.8 Å². The van der Waals surface area contributed by atoms with Crippen LogP contribution in [0.3, 0.4) is 0 Å². The van der Waals surface area contributed by atoms with Gasteiger partial charge in [0.25, 0.3) is 0 Å². The minimum atomic E-state index is 0.231. The Kier molecular flexibility index (Phi) is 4.93.